The Hall–Kier alpha value is -2.53. The standard InChI is InChI=1S/C18H24N4O/c1-14-8-5-9-15(18(2,3)4)16(14)21-17(23)22(12-6-10-19)13-7-11-20/h5,8-9H,6-7,12-13H2,1-4H3,(H,21,23). The summed E-state index contributed by atoms with van der Waals surface area (Å²) >= 11 is 0. The average Bonchev–Trinajstić information content (AvgIpc) is 2.48. The van der Waals surface area contributed by atoms with Crippen molar-refractivity contribution in [3.8, 4) is 12.1 Å². The van der Waals surface area contributed by atoms with Gasteiger partial charge in [-0.25, -0.2) is 4.79 Å². The lowest BCUT2D eigenvalue weighted by Crippen LogP contribution is -2.37. The third kappa shape index (κ3) is 5.30. The lowest BCUT2D eigenvalue weighted by molar-refractivity contribution is 0.214. The number of nitrogens with zero attached hydrogens (tertiary/aromatic N) is 3. The van der Waals surface area contributed by atoms with Crippen molar-refractivity contribution >= 4 is 11.7 Å². The van der Waals surface area contributed by atoms with Gasteiger partial charge in [-0.1, -0.05) is 39.0 Å². The molecular formula is C18H24N4O. The van der Waals surface area contributed by atoms with Gasteiger partial charge in [-0.05, 0) is 23.5 Å². The van der Waals surface area contributed by atoms with Crippen LogP contribution in [0.5, 0.6) is 0 Å². The zero-order chi connectivity index (χ0) is 17.5. The highest BCUT2D eigenvalue weighted by molar-refractivity contribution is 5.91. The fourth-order valence-corrected chi connectivity index (χ4v) is 2.33. The summed E-state index contributed by atoms with van der Waals surface area (Å²) in [4.78, 5) is 14.1. The van der Waals surface area contributed by atoms with Gasteiger partial charge in [0.25, 0.3) is 0 Å². The van der Waals surface area contributed by atoms with E-state index in [1.165, 1.54) is 4.90 Å². The third-order valence-electron chi connectivity index (χ3n) is 3.59. The molecule has 0 bridgehead atoms. The van der Waals surface area contributed by atoms with E-state index in [0.717, 1.165) is 16.8 Å². The molecule has 0 aliphatic carbocycles. The first kappa shape index (κ1) is 18.5. The first-order valence-electron chi connectivity index (χ1n) is 7.71. The van der Waals surface area contributed by atoms with E-state index in [-0.39, 0.29) is 24.3 Å². The maximum Gasteiger partial charge on any atom is 0.321 e. The Morgan fingerprint density at radius 2 is 1.74 bits per heavy atom. The van der Waals surface area contributed by atoms with Crippen LogP contribution in [-0.4, -0.2) is 24.0 Å². The van der Waals surface area contributed by atoms with Crippen molar-refractivity contribution in [2.45, 2.75) is 46.0 Å². The molecule has 1 aromatic rings. The molecule has 1 aromatic carbocycles. The Labute approximate surface area is 138 Å². The summed E-state index contributed by atoms with van der Waals surface area (Å²) in [6.45, 7) is 8.89. The third-order valence-corrected chi connectivity index (χ3v) is 3.59. The van der Waals surface area contributed by atoms with Crippen LogP contribution in [0.1, 0.15) is 44.7 Å². The number of urea groups is 1. The highest BCUT2D eigenvalue weighted by Crippen LogP contribution is 2.32. The molecule has 0 radical (unpaired) electrons. The van der Waals surface area contributed by atoms with E-state index < -0.39 is 0 Å². The van der Waals surface area contributed by atoms with Gasteiger partial charge in [0.2, 0.25) is 0 Å². The van der Waals surface area contributed by atoms with E-state index in [4.69, 9.17) is 10.5 Å². The predicted molar refractivity (Wildman–Crippen MR) is 90.9 cm³/mol. The number of para-hydroxylation sites is 1. The number of hydrogen-bond donors (Lipinski definition) is 1. The maximum absolute atomic E-state index is 12.6. The second-order valence-electron chi connectivity index (χ2n) is 6.48. The van der Waals surface area contributed by atoms with Gasteiger partial charge in [0, 0.05) is 18.8 Å². The van der Waals surface area contributed by atoms with Crippen LogP contribution < -0.4 is 5.32 Å². The monoisotopic (exact) mass is 312 g/mol. The molecule has 5 nitrogen and oxygen atoms in total. The lowest BCUT2D eigenvalue weighted by Gasteiger charge is -2.27. The first-order valence-corrected chi connectivity index (χ1v) is 7.71. The fourth-order valence-electron chi connectivity index (χ4n) is 2.33. The quantitative estimate of drug-likeness (QED) is 0.893. The van der Waals surface area contributed by atoms with Crippen LogP contribution in [0.2, 0.25) is 0 Å². The summed E-state index contributed by atoms with van der Waals surface area (Å²) < 4.78 is 0. The molecule has 0 aliphatic rings. The smallest absolute Gasteiger partial charge is 0.321 e. The van der Waals surface area contributed by atoms with E-state index in [0.29, 0.717) is 13.1 Å². The number of amides is 2. The Bertz CT molecular complexity index is 614. The molecular weight excluding hydrogens is 288 g/mol. The molecule has 0 aromatic heterocycles. The van der Waals surface area contributed by atoms with Crippen molar-refractivity contribution < 1.29 is 4.79 Å². The molecule has 1 rings (SSSR count). The molecule has 2 amide bonds. The maximum atomic E-state index is 12.6. The van der Waals surface area contributed by atoms with Crippen LogP contribution in [0.15, 0.2) is 18.2 Å². The molecule has 23 heavy (non-hydrogen) atoms. The van der Waals surface area contributed by atoms with Gasteiger partial charge < -0.3 is 10.2 Å². The molecule has 0 saturated heterocycles. The number of nitriles is 2. The number of aryl methyl sites for hydroxylation is 1. The second-order valence-corrected chi connectivity index (χ2v) is 6.48. The molecule has 0 spiro atoms. The number of nitrogens with one attached hydrogen (secondary N) is 1. The summed E-state index contributed by atoms with van der Waals surface area (Å²) in [7, 11) is 0. The van der Waals surface area contributed by atoms with Gasteiger partial charge >= 0.3 is 6.03 Å². The number of benzene rings is 1. The Morgan fingerprint density at radius 1 is 1.17 bits per heavy atom. The minimum absolute atomic E-state index is 0.0984. The molecule has 1 N–H and O–H groups in total. The van der Waals surface area contributed by atoms with Gasteiger partial charge in [0.15, 0.2) is 0 Å². The number of anilines is 1. The molecule has 0 heterocycles. The molecule has 0 atom stereocenters. The van der Waals surface area contributed by atoms with E-state index in [9.17, 15) is 4.79 Å². The van der Waals surface area contributed by atoms with Gasteiger partial charge in [-0.3, -0.25) is 0 Å². The minimum atomic E-state index is -0.268. The van der Waals surface area contributed by atoms with Crippen molar-refractivity contribution in [1.29, 1.82) is 10.5 Å². The zero-order valence-electron chi connectivity index (χ0n) is 14.3. The van der Waals surface area contributed by atoms with Crippen molar-refractivity contribution in [3.63, 3.8) is 0 Å². The van der Waals surface area contributed by atoms with Crippen molar-refractivity contribution in [1.82, 2.24) is 4.90 Å². The first-order chi connectivity index (χ1) is 10.8. The summed E-state index contributed by atoms with van der Waals surface area (Å²) in [6.07, 6.45) is 0.498. The largest absolute Gasteiger partial charge is 0.322 e. The Morgan fingerprint density at radius 3 is 2.22 bits per heavy atom. The molecule has 0 unspecified atom stereocenters. The van der Waals surface area contributed by atoms with Gasteiger partial charge in [0.1, 0.15) is 0 Å². The van der Waals surface area contributed by atoms with Crippen LogP contribution >= 0.6 is 0 Å². The molecule has 0 fully saturated rings. The second kappa shape index (κ2) is 8.19. The average molecular weight is 312 g/mol. The van der Waals surface area contributed by atoms with Crippen LogP contribution in [-0.2, 0) is 5.41 Å². The summed E-state index contributed by atoms with van der Waals surface area (Å²) in [5.74, 6) is 0. The molecule has 0 aliphatic heterocycles. The lowest BCUT2D eigenvalue weighted by atomic mass is 9.84. The molecule has 0 saturated carbocycles. The number of hydrogen-bond acceptors (Lipinski definition) is 3. The fraction of sp³-hybridized carbons (Fsp3) is 0.500. The highest BCUT2D eigenvalue weighted by atomic mass is 16.2. The van der Waals surface area contributed by atoms with Crippen LogP contribution in [0, 0.1) is 29.6 Å². The van der Waals surface area contributed by atoms with E-state index >= 15 is 0 Å². The number of carbonyl (C=O) groups is 1. The molecule has 5 heteroatoms. The van der Waals surface area contributed by atoms with E-state index in [1.54, 1.807) is 0 Å². The highest BCUT2D eigenvalue weighted by Gasteiger charge is 2.22. The SMILES string of the molecule is Cc1cccc(C(C)(C)C)c1NC(=O)N(CCC#N)CCC#N. The van der Waals surface area contributed by atoms with E-state index in [1.807, 2.05) is 37.3 Å². The van der Waals surface area contributed by atoms with Crippen LogP contribution in [0.25, 0.3) is 0 Å². The predicted octanol–water partition coefficient (Wildman–Crippen LogP) is 3.95. The summed E-state index contributed by atoms with van der Waals surface area (Å²) in [5.41, 5.74) is 2.76. The zero-order valence-corrected chi connectivity index (χ0v) is 14.3. The summed E-state index contributed by atoms with van der Waals surface area (Å²) in [6, 6.07) is 9.75. The summed E-state index contributed by atoms with van der Waals surface area (Å²) in [5, 5.41) is 20.4. The topological polar surface area (TPSA) is 79.9 Å². The normalized spacial score (nSPS) is 10.5. The number of carbonyl (C=O) groups excluding carboxylic acids is 1. The minimum Gasteiger partial charge on any atom is -0.322 e. The van der Waals surface area contributed by atoms with Gasteiger partial charge in [0.05, 0.1) is 25.0 Å². The van der Waals surface area contributed by atoms with Gasteiger partial charge in [-0.15, -0.1) is 0 Å². The van der Waals surface area contributed by atoms with E-state index in [2.05, 4.69) is 26.1 Å². The van der Waals surface area contributed by atoms with Crippen molar-refractivity contribution in [2.75, 3.05) is 18.4 Å². The number of rotatable bonds is 5. The van der Waals surface area contributed by atoms with Crippen LogP contribution in [0.4, 0.5) is 10.5 Å². The van der Waals surface area contributed by atoms with Gasteiger partial charge in [-0.2, -0.15) is 10.5 Å². The van der Waals surface area contributed by atoms with Crippen LogP contribution in [0.3, 0.4) is 0 Å². The molecule has 122 valence electrons. The van der Waals surface area contributed by atoms with Crippen molar-refractivity contribution in [2.24, 2.45) is 0 Å². The Kier molecular flexibility index (Phi) is 6.60. The van der Waals surface area contributed by atoms with Crippen molar-refractivity contribution in [3.05, 3.63) is 29.3 Å². The Balaban J connectivity index is 3.03.